The van der Waals surface area contributed by atoms with Gasteiger partial charge in [0.1, 0.15) is 0 Å². The quantitative estimate of drug-likeness (QED) is 0.730. The van der Waals surface area contributed by atoms with E-state index in [1.54, 1.807) is 0 Å². The minimum absolute atomic E-state index is 0.478. The van der Waals surface area contributed by atoms with Crippen molar-refractivity contribution in [2.24, 2.45) is 0 Å². The van der Waals surface area contributed by atoms with Crippen LogP contribution in [0.25, 0.3) is 0 Å². The second-order valence-electron chi connectivity index (χ2n) is 5.55. The lowest BCUT2D eigenvalue weighted by Crippen LogP contribution is -2.37. The molecule has 2 aromatic heterocycles. The smallest absolute Gasteiger partial charge is 0.0466 e. The van der Waals surface area contributed by atoms with Crippen LogP contribution in [0.3, 0.4) is 0 Å². The molecule has 1 N–H and O–H groups in total. The second kappa shape index (κ2) is 7.82. The predicted octanol–water partition coefficient (Wildman–Crippen LogP) is 5.36. The molecular weight excluding hydrogens is 314 g/mol. The van der Waals surface area contributed by atoms with Crippen LogP contribution in [0, 0.1) is 0 Å². The zero-order chi connectivity index (χ0) is 14.5. The summed E-state index contributed by atoms with van der Waals surface area (Å²) in [5.41, 5.74) is 0. The summed E-state index contributed by atoms with van der Waals surface area (Å²) < 4.78 is 0. The Bertz CT molecular complexity index is 506. The van der Waals surface area contributed by atoms with Crippen molar-refractivity contribution in [3.05, 3.63) is 44.8 Å². The zero-order valence-electron chi connectivity index (χ0n) is 12.5. The van der Waals surface area contributed by atoms with Crippen LogP contribution < -0.4 is 5.32 Å². The van der Waals surface area contributed by atoms with E-state index in [1.165, 1.54) is 34.8 Å². The van der Waals surface area contributed by atoms with Gasteiger partial charge in [0, 0.05) is 33.5 Å². The summed E-state index contributed by atoms with van der Waals surface area (Å²) in [6, 6.07) is 10.0. The summed E-state index contributed by atoms with van der Waals surface area (Å²) in [6.07, 6.45) is 5.22. The van der Waals surface area contributed by atoms with Gasteiger partial charge in [0.15, 0.2) is 0 Å². The third-order valence-corrected chi connectivity index (χ3v) is 7.33. The molecule has 0 aliphatic heterocycles. The van der Waals surface area contributed by atoms with Crippen molar-refractivity contribution in [3.8, 4) is 0 Å². The van der Waals surface area contributed by atoms with Crippen molar-refractivity contribution < 1.29 is 0 Å². The third kappa shape index (κ3) is 4.13. The SMILES string of the molecule is CCSC1CCCC1NC(Cc1cccs1)c1cccs1. The highest BCUT2D eigenvalue weighted by atomic mass is 32.2. The molecule has 3 unspecified atom stereocenters. The number of nitrogens with one attached hydrogen (secondary N) is 1. The van der Waals surface area contributed by atoms with Gasteiger partial charge in [0.2, 0.25) is 0 Å². The van der Waals surface area contributed by atoms with Gasteiger partial charge in [-0.25, -0.2) is 0 Å². The number of hydrogen-bond acceptors (Lipinski definition) is 4. The van der Waals surface area contributed by atoms with Crippen molar-refractivity contribution in [3.63, 3.8) is 0 Å². The van der Waals surface area contributed by atoms with Crippen LogP contribution in [-0.2, 0) is 6.42 Å². The summed E-state index contributed by atoms with van der Waals surface area (Å²) in [4.78, 5) is 2.97. The molecule has 1 fully saturated rings. The minimum atomic E-state index is 0.478. The topological polar surface area (TPSA) is 12.0 Å². The van der Waals surface area contributed by atoms with Crippen LogP contribution in [0.4, 0.5) is 0 Å². The van der Waals surface area contributed by atoms with E-state index in [4.69, 9.17) is 0 Å². The lowest BCUT2D eigenvalue weighted by Gasteiger charge is -2.26. The van der Waals surface area contributed by atoms with Gasteiger partial charge in [-0.2, -0.15) is 11.8 Å². The zero-order valence-corrected chi connectivity index (χ0v) is 14.9. The summed E-state index contributed by atoms with van der Waals surface area (Å²) in [6.45, 7) is 2.28. The molecule has 0 amide bonds. The standard InChI is InChI=1S/C17H23NS3/c1-2-19-16-8-3-7-14(16)18-15(17-9-5-11-21-17)12-13-6-4-10-20-13/h4-6,9-11,14-16,18H,2-3,7-8,12H2,1H3. The van der Waals surface area contributed by atoms with Gasteiger partial charge in [0.25, 0.3) is 0 Å². The molecule has 114 valence electrons. The Kier molecular flexibility index (Phi) is 5.81. The molecule has 0 bridgehead atoms. The van der Waals surface area contributed by atoms with Crippen molar-refractivity contribution in [2.45, 2.75) is 49.9 Å². The van der Waals surface area contributed by atoms with Crippen LogP contribution in [0.1, 0.15) is 42.0 Å². The van der Waals surface area contributed by atoms with E-state index in [9.17, 15) is 0 Å². The minimum Gasteiger partial charge on any atom is -0.305 e. The molecule has 1 nitrogen and oxygen atoms in total. The summed E-state index contributed by atoms with van der Waals surface area (Å²) in [5.74, 6) is 1.23. The first kappa shape index (κ1) is 15.6. The Morgan fingerprint density at radius 2 is 2.10 bits per heavy atom. The van der Waals surface area contributed by atoms with Gasteiger partial charge in [-0.15, -0.1) is 22.7 Å². The maximum absolute atomic E-state index is 3.99. The molecule has 1 saturated carbocycles. The average Bonchev–Trinajstić information content (AvgIpc) is 3.21. The monoisotopic (exact) mass is 337 g/mol. The molecule has 4 heteroatoms. The highest BCUT2D eigenvalue weighted by Gasteiger charge is 2.29. The fourth-order valence-corrected chi connectivity index (χ4v) is 5.90. The Balaban J connectivity index is 1.70. The van der Waals surface area contributed by atoms with Crippen LogP contribution in [0.5, 0.6) is 0 Å². The van der Waals surface area contributed by atoms with Crippen molar-refractivity contribution >= 4 is 34.4 Å². The fourth-order valence-electron chi connectivity index (χ4n) is 3.15. The van der Waals surface area contributed by atoms with E-state index in [0.29, 0.717) is 12.1 Å². The first-order valence-electron chi connectivity index (χ1n) is 7.80. The Morgan fingerprint density at radius 3 is 2.81 bits per heavy atom. The number of hydrogen-bond donors (Lipinski definition) is 1. The summed E-state index contributed by atoms with van der Waals surface area (Å²) in [7, 11) is 0. The van der Waals surface area contributed by atoms with Gasteiger partial charge in [-0.3, -0.25) is 0 Å². The molecule has 0 saturated heterocycles. The second-order valence-corrected chi connectivity index (χ2v) is 9.08. The number of thiophene rings is 2. The highest BCUT2D eigenvalue weighted by molar-refractivity contribution is 7.99. The third-order valence-electron chi connectivity index (χ3n) is 4.12. The van der Waals surface area contributed by atoms with Crippen LogP contribution in [-0.4, -0.2) is 17.0 Å². The van der Waals surface area contributed by atoms with E-state index < -0.39 is 0 Å². The van der Waals surface area contributed by atoms with E-state index in [1.807, 2.05) is 22.7 Å². The number of thioether (sulfide) groups is 1. The Labute approximate surface area is 140 Å². The van der Waals surface area contributed by atoms with E-state index >= 15 is 0 Å². The molecule has 0 spiro atoms. The molecule has 21 heavy (non-hydrogen) atoms. The van der Waals surface area contributed by atoms with Gasteiger partial charge in [-0.1, -0.05) is 25.5 Å². The first-order chi connectivity index (χ1) is 10.4. The molecule has 2 heterocycles. The molecule has 2 aromatic rings. The van der Waals surface area contributed by atoms with Crippen LogP contribution in [0.2, 0.25) is 0 Å². The molecule has 3 atom stereocenters. The lowest BCUT2D eigenvalue weighted by atomic mass is 10.1. The summed E-state index contributed by atoms with van der Waals surface area (Å²) in [5, 5.41) is 9.18. The highest BCUT2D eigenvalue weighted by Crippen LogP contribution is 2.33. The van der Waals surface area contributed by atoms with Crippen LogP contribution >= 0.6 is 34.4 Å². The van der Waals surface area contributed by atoms with Gasteiger partial charge in [-0.05, 0) is 41.5 Å². The average molecular weight is 338 g/mol. The predicted molar refractivity (Wildman–Crippen MR) is 97.8 cm³/mol. The van der Waals surface area contributed by atoms with Crippen molar-refractivity contribution in [1.82, 2.24) is 5.32 Å². The lowest BCUT2D eigenvalue weighted by molar-refractivity contribution is 0.448. The Hall–Kier alpha value is -0.290. The largest absolute Gasteiger partial charge is 0.305 e. The first-order valence-corrected chi connectivity index (χ1v) is 10.6. The molecular formula is C17H23NS3. The van der Waals surface area contributed by atoms with E-state index in [2.05, 4.69) is 59.0 Å². The normalized spacial score (nSPS) is 23.5. The van der Waals surface area contributed by atoms with Crippen LogP contribution in [0.15, 0.2) is 35.0 Å². The van der Waals surface area contributed by atoms with Crippen molar-refractivity contribution in [2.75, 3.05) is 5.75 Å². The maximum atomic E-state index is 3.99. The molecule has 0 radical (unpaired) electrons. The fraction of sp³-hybridized carbons (Fsp3) is 0.529. The molecule has 1 aliphatic carbocycles. The maximum Gasteiger partial charge on any atom is 0.0466 e. The molecule has 0 aromatic carbocycles. The van der Waals surface area contributed by atoms with Crippen molar-refractivity contribution in [1.29, 1.82) is 0 Å². The van der Waals surface area contributed by atoms with Gasteiger partial charge in [0.05, 0.1) is 0 Å². The van der Waals surface area contributed by atoms with Gasteiger partial charge < -0.3 is 5.32 Å². The Morgan fingerprint density at radius 1 is 1.24 bits per heavy atom. The van der Waals surface area contributed by atoms with Gasteiger partial charge >= 0.3 is 0 Å². The number of rotatable bonds is 7. The van der Waals surface area contributed by atoms with E-state index in [0.717, 1.165) is 11.7 Å². The molecule has 1 aliphatic rings. The summed E-state index contributed by atoms with van der Waals surface area (Å²) >= 11 is 5.90. The molecule has 3 rings (SSSR count). The van der Waals surface area contributed by atoms with E-state index in [-0.39, 0.29) is 0 Å².